The Morgan fingerprint density at radius 2 is 2.04 bits per heavy atom. The first-order chi connectivity index (χ1) is 12.8. The molecule has 1 atom stereocenters. The van der Waals surface area contributed by atoms with Crippen molar-refractivity contribution in [2.24, 2.45) is 0 Å². The average molecular weight is 349 g/mol. The van der Waals surface area contributed by atoms with Gasteiger partial charge >= 0.3 is 0 Å². The topological polar surface area (TPSA) is 65.4 Å². The molecule has 6 nitrogen and oxygen atoms in total. The van der Waals surface area contributed by atoms with E-state index in [1.165, 1.54) is 0 Å². The van der Waals surface area contributed by atoms with E-state index in [9.17, 15) is 4.79 Å². The van der Waals surface area contributed by atoms with Crippen molar-refractivity contribution < 1.29 is 14.3 Å². The predicted octanol–water partition coefficient (Wildman–Crippen LogP) is 2.89. The van der Waals surface area contributed by atoms with Gasteiger partial charge in [0.2, 0.25) is 0 Å². The van der Waals surface area contributed by atoms with Gasteiger partial charge in [0.1, 0.15) is 11.5 Å². The van der Waals surface area contributed by atoms with Crippen LogP contribution in [0.25, 0.3) is 5.69 Å². The summed E-state index contributed by atoms with van der Waals surface area (Å²) in [5.74, 6) is 1.32. The molecule has 1 N–H and O–H groups in total. The van der Waals surface area contributed by atoms with Crippen LogP contribution >= 0.6 is 0 Å². The number of hydrogen-bond acceptors (Lipinski definition) is 4. The van der Waals surface area contributed by atoms with Crippen molar-refractivity contribution in [3.05, 3.63) is 72.6 Å². The minimum atomic E-state index is -0.150. The summed E-state index contributed by atoms with van der Waals surface area (Å²) < 4.78 is 13.0. The van der Waals surface area contributed by atoms with Crippen LogP contribution in [0, 0.1) is 0 Å². The van der Waals surface area contributed by atoms with Crippen molar-refractivity contribution in [2.75, 3.05) is 13.2 Å². The van der Waals surface area contributed by atoms with Crippen LogP contribution in [0.2, 0.25) is 0 Å². The van der Waals surface area contributed by atoms with Crippen LogP contribution < -0.4 is 14.8 Å². The number of benzene rings is 2. The van der Waals surface area contributed by atoms with Gasteiger partial charge in [-0.2, -0.15) is 5.10 Å². The average Bonchev–Trinajstić information content (AvgIpc) is 3.22. The van der Waals surface area contributed by atoms with Crippen LogP contribution in [0.1, 0.15) is 18.0 Å². The van der Waals surface area contributed by atoms with E-state index in [0.29, 0.717) is 12.4 Å². The molecule has 1 unspecified atom stereocenters. The third-order valence-electron chi connectivity index (χ3n) is 4.27. The van der Waals surface area contributed by atoms with E-state index in [4.69, 9.17) is 9.47 Å². The van der Waals surface area contributed by atoms with Gasteiger partial charge in [0, 0.05) is 24.4 Å². The number of rotatable bonds is 5. The Morgan fingerprint density at radius 3 is 2.85 bits per heavy atom. The summed E-state index contributed by atoms with van der Waals surface area (Å²) in [5.41, 5.74) is 1.95. The van der Waals surface area contributed by atoms with Gasteiger partial charge in [-0.05, 0) is 36.4 Å². The molecule has 0 radical (unpaired) electrons. The van der Waals surface area contributed by atoms with E-state index in [0.717, 1.165) is 23.4 Å². The van der Waals surface area contributed by atoms with Crippen LogP contribution in [0.5, 0.6) is 11.5 Å². The number of hydrogen-bond donors (Lipinski definition) is 1. The first-order valence-corrected chi connectivity index (χ1v) is 8.53. The van der Waals surface area contributed by atoms with E-state index in [-0.39, 0.29) is 18.6 Å². The fourth-order valence-corrected chi connectivity index (χ4v) is 2.99. The van der Waals surface area contributed by atoms with Gasteiger partial charge in [0.05, 0.1) is 18.3 Å². The molecular weight excluding hydrogens is 330 g/mol. The summed E-state index contributed by atoms with van der Waals surface area (Å²) in [4.78, 5) is 12.3. The lowest BCUT2D eigenvalue weighted by Gasteiger charge is -2.26. The smallest absolute Gasteiger partial charge is 0.258 e. The molecular formula is C20H19N3O3. The lowest BCUT2D eigenvalue weighted by atomic mass is 10.0. The molecule has 4 rings (SSSR count). The Labute approximate surface area is 151 Å². The van der Waals surface area contributed by atoms with Gasteiger partial charge in [-0.1, -0.05) is 18.2 Å². The van der Waals surface area contributed by atoms with Crippen LogP contribution in [0.4, 0.5) is 0 Å². The molecule has 2 heterocycles. The van der Waals surface area contributed by atoms with E-state index in [2.05, 4.69) is 10.4 Å². The van der Waals surface area contributed by atoms with E-state index >= 15 is 0 Å². The third kappa shape index (κ3) is 3.54. The molecule has 1 aliphatic heterocycles. The standard InChI is InChI=1S/C20H19N3O3/c24-20(22-18-10-13-25-19-5-2-1-4-17(18)19)14-26-16-8-6-15(7-9-16)23-12-3-11-21-23/h1-9,11-12,18H,10,13-14H2,(H,22,24). The summed E-state index contributed by atoms with van der Waals surface area (Å²) in [6, 6.07) is 17.1. The van der Waals surface area contributed by atoms with Gasteiger partial charge < -0.3 is 14.8 Å². The fraction of sp³-hybridized carbons (Fsp3) is 0.200. The summed E-state index contributed by atoms with van der Waals surface area (Å²) in [6.45, 7) is 0.568. The van der Waals surface area contributed by atoms with Crippen LogP contribution in [0.15, 0.2) is 67.0 Å². The molecule has 26 heavy (non-hydrogen) atoms. The highest BCUT2D eigenvalue weighted by Gasteiger charge is 2.22. The van der Waals surface area contributed by atoms with Crippen molar-refractivity contribution in [1.29, 1.82) is 0 Å². The number of fused-ring (bicyclic) bond motifs is 1. The SMILES string of the molecule is O=C(COc1ccc(-n2cccn2)cc1)NC1CCOc2ccccc21. The molecule has 3 aromatic rings. The highest BCUT2D eigenvalue weighted by atomic mass is 16.5. The minimum absolute atomic E-state index is 0.0271. The van der Waals surface area contributed by atoms with Gasteiger partial charge in [0.15, 0.2) is 6.61 Å². The molecule has 0 saturated carbocycles. The van der Waals surface area contributed by atoms with E-state index in [1.54, 1.807) is 10.9 Å². The lowest BCUT2D eigenvalue weighted by molar-refractivity contribution is -0.124. The molecule has 1 aliphatic rings. The largest absolute Gasteiger partial charge is 0.493 e. The molecule has 1 amide bonds. The maximum Gasteiger partial charge on any atom is 0.258 e. The highest BCUT2D eigenvalue weighted by Crippen LogP contribution is 2.31. The fourth-order valence-electron chi connectivity index (χ4n) is 2.99. The molecule has 2 aromatic carbocycles. The zero-order valence-electron chi connectivity index (χ0n) is 14.2. The van der Waals surface area contributed by atoms with Crippen molar-refractivity contribution >= 4 is 5.91 Å². The summed E-state index contributed by atoms with van der Waals surface area (Å²) in [5, 5.41) is 7.20. The number of ether oxygens (including phenoxy) is 2. The second kappa shape index (κ2) is 7.31. The summed E-state index contributed by atoms with van der Waals surface area (Å²) in [7, 11) is 0. The quantitative estimate of drug-likeness (QED) is 0.769. The van der Waals surface area contributed by atoms with E-state index < -0.39 is 0 Å². The number of nitrogens with zero attached hydrogens (tertiary/aromatic N) is 2. The van der Waals surface area contributed by atoms with Crippen LogP contribution in [-0.4, -0.2) is 28.9 Å². The number of aromatic nitrogens is 2. The molecule has 0 fully saturated rings. The predicted molar refractivity (Wildman–Crippen MR) is 96.5 cm³/mol. The number of carbonyl (C=O) groups is 1. The van der Waals surface area contributed by atoms with Gasteiger partial charge in [-0.3, -0.25) is 4.79 Å². The zero-order chi connectivity index (χ0) is 17.8. The first-order valence-electron chi connectivity index (χ1n) is 8.53. The van der Waals surface area contributed by atoms with Crippen molar-refractivity contribution in [3.8, 4) is 17.2 Å². The van der Waals surface area contributed by atoms with Crippen molar-refractivity contribution in [1.82, 2.24) is 15.1 Å². The van der Waals surface area contributed by atoms with E-state index in [1.807, 2.05) is 60.8 Å². The Hall–Kier alpha value is -3.28. The third-order valence-corrected chi connectivity index (χ3v) is 4.27. The van der Waals surface area contributed by atoms with Crippen LogP contribution in [0.3, 0.4) is 0 Å². The lowest BCUT2D eigenvalue weighted by Crippen LogP contribution is -2.35. The van der Waals surface area contributed by atoms with Crippen molar-refractivity contribution in [3.63, 3.8) is 0 Å². The molecule has 132 valence electrons. The maximum absolute atomic E-state index is 12.3. The molecule has 1 aromatic heterocycles. The minimum Gasteiger partial charge on any atom is -0.493 e. The molecule has 0 aliphatic carbocycles. The second-order valence-corrected chi connectivity index (χ2v) is 6.03. The van der Waals surface area contributed by atoms with Gasteiger partial charge in [-0.15, -0.1) is 0 Å². The van der Waals surface area contributed by atoms with Gasteiger partial charge in [-0.25, -0.2) is 4.68 Å². The zero-order valence-corrected chi connectivity index (χ0v) is 14.2. The molecule has 6 heteroatoms. The maximum atomic E-state index is 12.3. The summed E-state index contributed by atoms with van der Waals surface area (Å²) >= 11 is 0. The number of nitrogens with one attached hydrogen (secondary N) is 1. The Kier molecular flexibility index (Phi) is 4.55. The monoisotopic (exact) mass is 349 g/mol. The molecule has 0 bridgehead atoms. The van der Waals surface area contributed by atoms with Crippen molar-refractivity contribution in [2.45, 2.75) is 12.5 Å². The number of para-hydroxylation sites is 1. The first kappa shape index (κ1) is 16.2. The Bertz CT molecular complexity index is 876. The number of carbonyl (C=O) groups excluding carboxylic acids is 1. The Morgan fingerprint density at radius 1 is 1.19 bits per heavy atom. The van der Waals surface area contributed by atoms with Crippen LogP contribution in [-0.2, 0) is 4.79 Å². The Balaban J connectivity index is 1.33. The molecule has 0 spiro atoms. The second-order valence-electron chi connectivity index (χ2n) is 6.03. The normalized spacial score (nSPS) is 15.6. The number of amides is 1. The van der Waals surface area contributed by atoms with Gasteiger partial charge in [0.25, 0.3) is 5.91 Å². The summed E-state index contributed by atoms with van der Waals surface area (Å²) in [6.07, 6.45) is 4.35. The molecule has 0 saturated heterocycles. The highest BCUT2D eigenvalue weighted by molar-refractivity contribution is 5.78.